The second-order valence-corrected chi connectivity index (χ2v) is 9.76. The standard InChI is InChI=1S/C26H27Cl2FN4O/c1-16-10-18(14-30)11-24-21(16)12-19(31(24)3)13-22-23(27)5-4-20(25(22)28)26(34)33-8-6-32(7-9-33)15-17(2)29/h4-5,10-12,17H,6-9,13,15H2,1-3H3. The number of hydrogen-bond donors (Lipinski definition) is 0. The van der Waals surface area contributed by atoms with Gasteiger partial charge in [0.05, 0.1) is 22.2 Å². The lowest BCUT2D eigenvalue weighted by molar-refractivity contribution is 0.0609. The van der Waals surface area contributed by atoms with E-state index in [9.17, 15) is 14.4 Å². The summed E-state index contributed by atoms with van der Waals surface area (Å²) in [5.74, 6) is -0.137. The van der Waals surface area contributed by atoms with Crippen LogP contribution in [0.3, 0.4) is 0 Å². The van der Waals surface area contributed by atoms with Gasteiger partial charge in [0.2, 0.25) is 0 Å². The molecule has 2 heterocycles. The minimum Gasteiger partial charge on any atom is -0.347 e. The summed E-state index contributed by atoms with van der Waals surface area (Å²) in [6, 6.07) is 11.4. The highest BCUT2D eigenvalue weighted by molar-refractivity contribution is 6.38. The van der Waals surface area contributed by atoms with Crippen molar-refractivity contribution < 1.29 is 9.18 Å². The summed E-state index contributed by atoms with van der Waals surface area (Å²) in [7, 11) is 1.95. The Labute approximate surface area is 209 Å². The Kier molecular flexibility index (Phi) is 7.18. The fourth-order valence-electron chi connectivity index (χ4n) is 4.66. The maximum Gasteiger partial charge on any atom is 0.255 e. The molecule has 1 aliphatic rings. The monoisotopic (exact) mass is 500 g/mol. The summed E-state index contributed by atoms with van der Waals surface area (Å²) >= 11 is 13.3. The van der Waals surface area contributed by atoms with Gasteiger partial charge in [-0.2, -0.15) is 5.26 Å². The molecule has 2 aromatic carbocycles. The Morgan fingerprint density at radius 3 is 2.53 bits per heavy atom. The number of hydrogen-bond acceptors (Lipinski definition) is 3. The van der Waals surface area contributed by atoms with Crippen LogP contribution >= 0.6 is 23.2 Å². The first-order chi connectivity index (χ1) is 16.2. The molecular formula is C26H27Cl2FN4O. The van der Waals surface area contributed by atoms with Crippen molar-refractivity contribution in [3.8, 4) is 6.07 Å². The highest BCUT2D eigenvalue weighted by Crippen LogP contribution is 2.33. The number of carbonyl (C=O) groups excluding carboxylic acids is 1. The molecule has 0 saturated carbocycles. The molecule has 4 rings (SSSR count). The van der Waals surface area contributed by atoms with E-state index in [1.54, 1.807) is 24.0 Å². The van der Waals surface area contributed by atoms with Crippen LogP contribution in [0.5, 0.6) is 0 Å². The second-order valence-electron chi connectivity index (χ2n) is 8.97. The zero-order valence-corrected chi connectivity index (χ0v) is 21.0. The van der Waals surface area contributed by atoms with Crippen LogP contribution in [-0.2, 0) is 13.5 Å². The van der Waals surface area contributed by atoms with Crippen molar-refractivity contribution in [1.82, 2.24) is 14.4 Å². The quantitative estimate of drug-likeness (QED) is 0.472. The number of nitriles is 1. The maximum atomic E-state index is 13.3. The summed E-state index contributed by atoms with van der Waals surface area (Å²) in [5, 5.41) is 11.2. The Balaban J connectivity index is 1.60. The first kappa shape index (κ1) is 24.5. The number of halogens is 3. The molecule has 1 amide bonds. The first-order valence-electron chi connectivity index (χ1n) is 11.3. The van der Waals surface area contributed by atoms with Gasteiger partial charge in [-0.05, 0) is 55.3 Å². The van der Waals surface area contributed by atoms with Crippen LogP contribution in [0.2, 0.25) is 10.0 Å². The zero-order chi connectivity index (χ0) is 24.6. The summed E-state index contributed by atoms with van der Waals surface area (Å²) < 4.78 is 15.3. The van der Waals surface area contributed by atoms with E-state index in [2.05, 4.69) is 12.1 Å². The third kappa shape index (κ3) is 4.79. The molecule has 1 aromatic heterocycles. The van der Waals surface area contributed by atoms with E-state index in [0.717, 1.165) is 22.2 Å². The summed E-state index contributed by atoms with van der Waals surface area (Å²) in [5.41, 5.74) is 4.71. The van der Waals surface area contributed by atoms with Gasteiger partial charge in [-0.25, -0.2) is 4.39 Å². The number of piperazine rings is 1. The van der Waals surface area contributed by atoms with E-state index in [4.69, 9.17) is 23.2 Å². The van der Waals surface area contributed by atoms with Gasteiger partial charge in [-0.3, -0.25) is 9.69 Å². The molecule has 1 unspecified atom stereocenters. The lowest BCUT2D eigenvalue weighted by Gasteiger charge is -2.35. The molecule has 0 radical (unpaired) electrons. The molecule has 0 aliphatic carbocycles. The average molecular weight is 501 g/mol. The van der Waals surface area contributed by atoms with Gasteiger partial charge in [-0.1, -0.05) is 23.2 Å². The van der Waals surface area contributed by atoms with E-state index < -0.39 is 6.17 Å². The van der Waals surface area contributed by atoms with Gasteiger partial charge in [-0.15, -0.1) is 0 Å². The van der Waals surface area contributed by atoms with Crippen LogP contribution in [0.15, 0.2) is 30.3 Å². The topological polar surface area (TPSA) is 52.3 Å². The number of alkyl halides is 1. The predicted molar refractivity (Wildman–Crippen MR) is 135 cm³/mol. The Bertz CT molecular complexity index is 1290. The summed E-state index contributed by atoms with van der Waals surface area (Å²) in [6.07, 6.45) is -0.437. The second kappa shape index (κ2) is 9.95. The van der Waals surface area contributed by atoms with Crippen LogP contribution in [0, 0.1) is 18.3 Å². The van der Waals surface area contributed by atoms with Crippen LogP contribution in [0.1, 0.15) is 39.7 Å². The van der Waals surface area contributed by atoms with Crippen molar-refractivity contribution in [2.45, 2.75) is 26.4 Å². The van der Waals surface area contributed by atoms with Gasteiger partial charge in [0.25, 0.3) is 5.91 Å². The molecule has 178 valence electrons. The highest BCUT2D eigenvalue weighted by atomic mass is 35.5. The Morgan fingerprint density at radius 2 is 1.88 bits per heavy atom. The van der Waals surface area contributed by atoms with Crippen molar-refractivity contribution in [2.75, 3.05) is 32.7 Å². The average Bonchev–Trinajstić information content (AvgIpc) is 3.12. The minimum atomic E-state index is -0.889. The molecule has 8 heteroatoms. The maximum absolute atomic E-state index is 13.3. The smallest absolute Gasteiger partial charge is 0.255 e. The molecule has 1 saturated heterocycles. The third-order valence-corrected chi connectivity index (χ3v) is 7.33. The molecule has 5 nitrogen and oxygen atoms in total. The van der Waals surface area contributed by atoms with E-state index in [1.807, 2.05) is 35.6 Å². The number of benzene rings is 2. The van der Waals surface area contributed by atoms with Gasteiger partial charge < -0.3 is 9.47 Å². The van der Waals surface area contributed by atoms with Crippen LogP contribution in [0.25, 0.3) is 10.9 Å². The van der Waals surface area contributed by atoms with Crippen molar-refractivity contribution >= 4 is 40.0 Å². The zero-order valence-electron chi connectivity index (χ0n) is 19.5. The molecule has 0 bridgehead atoms. The molecule has 1 aliphatic heterocycles. The lowest BCUT2D eigenvalue weighted by atomic mass is 10.0. The van der Waals surface area contributed by atoms with Gasteiger partial charge >= 0.3 is 0 Å². The number of fused-ring (bicyclic) bond motifs is 1. The number of amides is 1. The molecule has 1 fully saturated rings. The molecule has 3 aromatic rings. The molecule has 1 atom stereocenters. The van der Waals surface area contributed by atoms with Crippen LogP contribution in [0.4, 0.5) is 4.39 Å². The molecule has 34 heavy (non-hydrogen) atoms. The van der Waals surface area contributed by atoms with Gasteiger partial charge in [0.15, 0.2) is 0 Å². The summed E-state index contributed by atoms with van der Waals surface area (Å²) in [4.78, 5) is 17.1. The van der Waals surface area contributed by atoms with Crippen LogP contribution in [-0.4, -0.2) is 59.2 Å². The van der Waals surface area contributed by atoms with E-state index in [0.29, 0.717) is 65.9 Å². The third-order valence-electron chi connectivity index (χ3n) is 6.54. The van der Waals surface area contributed by atoms with Gasteiger partial charge in [0, 0.05) is 67.8 Å². The molecule has 0 N–H and O–H groups in total. The fourth-order valence-corrected chi connectivity index (χ4v) is 5.25. The van der Waals surface area contributed by atoms with Crippen molar-refractivity contribution in [3.63, 3.8) is 0 Å². The molecule has 0 spiro atoms. The first-order valence-corrected chi connectivity index (χ1v) is 12.1. The largest absolute Gasteiger partial charge is 0.347 e. The number of rotatable bonds is 5. The number of nitrogens with zero attached hydrogens (tertiary/aromatic N) is 4. The van der Waals surface area contributed by atoms with Gasteiger partial charge in [0.1, 0.15) is 6.17 Å². The Hall–Kier alpha value is -2.59. The van der Waals surface area contributed by atoms with Crippen molar-refractivity contribution in [2.24, 2.45) is 7.05 Å². The van der Waals surface area contributed by atoms with E-state index >= 15 is 0 Å². The summed E-state index contributed by atoms with van der Waals surface area (Å²) in [6.45, 7) is 6.25. The lowest BCUT2D eigenvalue weighted by Crippen LogP contribution is -2.49. The molecular weight excluding hydrogens is 474 g/mol. The number of aryl methyl sites for hydroxylation is 2. The van der Waals surface area contributed by atoms with E-state index in [1.165, 1.54) is 0 Å². The van der Waals surface area contributed by atoms with Crippen LogP contribution < -0.4 is 0 Å². The minimum absolute atomic E-state index is 0.137. The SMILES string of the molecule is Cc1cc(C#N)cc2c1cc(Cc1c(Cl)ccc(C(=O)N3CCN(CC(C)F)CC3)c1Cl)n2C. The van der Waals surface area contributed by atoms with E-state index in [-0.39, 0.29) is 5.91 Å². The van der Waals surface area contributed by atoms with Crippen molar-refractivity contribution in [3.05, 3.63) is 68.3 Å². The normalized spacial score (nSPS) is 15.5. The number of carbonyl (C=O) groups is 1. The van der Waals surface area contributed by atoms with Crippen molar-refractivity contribution in [1.29, 1.82) is 5.26 Å². The fraction of sp³-hybridized carbons (Fsp3) is 0.385. The highest BCUT2D eigenvalue weighted by Gasteiger charge is 2.26. The Morgan fingerprint density at radius 1 is 1.18 bits per heavy atom. The number of aromatic nitrogens is 1. The predicted octanol–water partition coefficient (Wildman–Crippen LogP) is 5.37.